The molecule has 0 atom stereocenters. The number of alkyl halides is 6. The summed E-state index contributed by atoms with van der Waals surface area (Å²) in [5.74, 6) is 0. The first-order chi connectivity index (χ1) is 10.7. The highest BCUT2D eigenvalue weighted by Gasteiger charge is 2.30. The van der Waals surface area contributed by atoms with Crippen LogP contribution in [-0.2, 0) is 18.9 Å². The van der Waals surface area contributed by atoms with Crippen LogP contribution in [-0.4, -0.2) is 6.21 Å². The Hall–Kier alpha value is -2.31. The zero-order valence-electron chi connectivity index (χ0n) is 11.6. The van der Waals surface area contributed by atoms with E-state index in [1.54, 1.807) is 0 Å². The Morgan fingerprint density at radius 2 is 1.13 bits per heavy atom. The van der Waals surface area contributed by atoms with Crippen molar-refractivity contribution in [3.8, 4) is 0 Å². The first kappa shape index (κ1) is 17.1. The van der Waals surface area contributed by atoms with Gasteiger partial charge in [-0.2, -0.15) is 26.3 Å². The van der Waals surface area contributed by atoms with E-state index in [1.807, 2.05) is 0 Å². The minimum atomic E-state index is -4.39. The summed E-state index contributed by atoms with van der Waals surface area (Å²) in [5, 5.41) is 0. The molecule has 2 aromatic carbocycles. The normalized spacial score (nSPS) is 12.8. The van der Waals surface area contributed by atoms with Crippen LogP contribution in [0.2, 0.25) is 0 Å². The molecule has 0 fully saturated rings. The molecule has 0 spiro atoms. The zero-order chi connectivity index (χ0) is 17.1. The Balaban J connectivity index is 1.99. The van der Waals surface area contributed by atoms with E-state index < -0.39 is 23.5 Å². The Bertz CT molecular complexity index is 666. The van der Waals surface area contributed by atoms with Crippen LogP contribution in [0.1, 0.15) is 22.3 Å². The van der Waals surface area contributed by atoms with Gasteiger partial charge in [0.2, 0.25) is 0 Å². The van der Waals surface area contributed by atoms with Crippen LogP contribution in [0.3, 0.4) is 0 Å². The van der Waals surface area contributed by atoms with Crippen molar-refractivity contribution in [3.63, 3.8) is 0 Å². The van der Waals surface area contributed by atoms with Crippen molar-refractivity contribution >= 4 is 6.21 Å². The van der Waals surface area contributed by atoms with Gasteiger partial charge in [-0.25, -0.2) is 0 Å². The third kappa shape index (κ3) is 4.84. The maximum Gasteiger partial charge on any atom is 0.416 e. The molecule has 0 aliphatic rings. The van der Waals surface area contributed by atoms with Crippen LogP contribution >= 0.6 is 0 Å². The van der Waals surface area contributed by atoms with Crippen LogP contribution in [0.25, 0.3) is 0 Å². The molecule has 0 unspecified atom stereocenters. The summed E-state index contributed by atoms with van der Waals surface area (Å²) in [5.41, 5.74) is -0.448. The second-order valence-corrected chi connectivity index (χ2v) is 4.78. The van der Waals surface area contributed by atoms with E-state index in [9.17, 15) is 26.3 Å². The Labute approximate surface area is 128 Å². The lowest BCUT2D eigenvalue weighted by atomic mass is 10.1. The highest BCUT2D eigenvalue weighted by atomic mass is 19.4. The van der Waals surface area contributed by atoms with Gasteiger partial charge in [0, 0.05) is 6.21 Å². The number of hydrogen-bond acceptors (Lipinski definition) is 1. The van der Waals surface area contributed by atoms with Crippen LogP contribution < -0.4 is 0 Å². The number of hydrogen-bond donors (Lipinski definition) is 0. The van der Waals surface area contributed by atoms with Gasteiger partial charge < -0.3 is 0 Å². The van der Waals surface area contributed by atoms with E-state index in [0.717, 1.165) is 24.3 Å². The number of halogens is 6. The average Bonchev–Trinajstić information content (AvgIpc) is 2.46. The molecular weight excluding hydrogens is 320 g/mol. The molecule has 0 aliphatic heterocycles. The fourth-order valence-electron chi connectivity index (χ4n) is 1.81. The van der Waals surface area contributed by atoms with Crippen molar-refractivity contribution in [3.05, 3.63) is 70.8 Å². The van der Waals surface area contributed by atoms with Crippen LogP contribution in [0.5, 0.6) is 0 Å². The highest BCUT2D eigenvalue weighted by molar-refractivity contribution is 5.79. The monoisotopic (exact) mass is 331 g/mol. The van der Waals surface area contributed by atoms with Crippen LogP contribution in [0, 0.1) is 0 Å². The smallest absolute Gasteiger partial charge is 0.288 e. The summed E-state index contributed by atoms with van der Waals surface area (Å²) in [6.45, 7) is 0.138. The average molecular weight is 331 g/mol. The number of nitrogens with zero attached hydrogens (tertiary/aromatic N) is 1. The summed E-state index contributed by atoms with van der Waals surface area (Å²) >= 11 is 0. The summed E-state index contributed by atoms with van der Waals surface area (Å²) in [6, 6.07) is 8.99. The van der Waals surface area contributed by atoms with E-state index in [-0.39, 0.29) is 6.54 Å². The van der Waals surface area contributed by atoms with Gasteiger partial charge in [0.05, 0.1) is 17.7 Å². The molecule has 7 heteroatoms. The molecule has 0 bridgehead atoms. The molecule has 0 aliphatic carbocycles. The van der Waals surface area contributed by atoms with E-state index >= 15 is 0 Å². The Kier molecular flexibility index (Phi) is 4.77. The minimum absolute atomic E-state index is 0.138. The van der Waals surface area contributed by atoms with Crippen molar-refractivity contribution in [2.75, 3.05) is 0 Å². The number of benzene rings is 2. The molecule has 0 heterocycles. The molecule has 2 rings (SSSR count). The third-order valence-corrected chi connectivity index (χ3v) is 3.03. The fourth-order valence-corrected chi connectivity index (χ4v) is 1.81. The summed E-state index contributed by atoms with van der Waals surface area (Å²) in [7, 11) is 0. The molecule has 1 nitrogen and oxygen atoms in total. The van der Waals surface area contributed by atoms with Gasteiger partial charge >= 0.3 is 12.4 Å². The van der Waals surface area contributed by atoms with E-state index in [0.29, 0.717) is 11.1 Å². The first-order valence-electron chi connectivity index (χ1n) is 6.49. The first-order valence-corrected chi connectivity index (χ1v) is 6.49. The Morgan fingerprint density at radius 1 is 0.696 bits per heavy atom. The zero-order valence-corrected chi connectivity index (χ0v) is 11.6. The maximum absolute atomic E-state index is 12.4. The van der Waals surface area contributed by atoms with Crippen molar-refractivity contribution in [2.24, 2.45) is 4.99 Å². The van der Waals surface area contributed by atoms with Gasteiger partial charge in [0.15, 0.2) is 0 Å². The van der Waals surface area contributed by atoms with E-state index in [1.165, 1.54) is 30.5 Å². The predicted molar refractivity (Wildman–Crippen MR) is 74.2 cm³/mol. The van der Waals surface area contributed by atoms with Gasteiger partial charge in [0.1, 0.15) is 0 Å². The molecule has 2 aromatic rings. The highest BCUT2D eigenvalue weighted by Crippen LogP contribution is 2.29. The van der Waals surface area contributed by atoms with Crippen LogP contribution in [0.15, 0.2) is 53.5 Å². The Morgan fingerprint density at radius 3 is 1.57 bits per heavy atom. The van der Waals surface area contributed by atoms with Crippen molar-refractivity contribution in [1.29, 1.82) is 0 Å². The standard InChI is InChI=1S/C16H11F6N/c17-15(18,19)13-5-1-11(2-6-13)9-23-10-12-3-7-14(8-4-12)16(20,21)22/h1-9H,10H2/b23-9+. The van der Waals surface area contributed by atoms with Gasteiger partial charge in [-0.05, 0) is 35.4 Å². The van der Waals surface area contributed by atoms with E-state index in [4.69, 9.17) is 0 Å². The summed E-state index contributed by atoms with van der Waals surface area (Å²) in [4.78, 5) is 4.01. The van der Waals surface area contributed by atoms with Gasteiger partial charge in [0.25, 0.3) is 0 Å². The number of aliphatic imine (C=N–C) groups is 1. The molecule has 23 heavy (non-hydrogen) atoms. The summed E-state index contributed by atoms with van der Waals surface area (Å²) in [6.07, 6.45) is -7.41. The molecule has 0 aromatic heterocycles. The molecular formula is C16H11F6N. The SMILES string of the molecule is FC(F)(F)c1ccc(/C=N/Cc2ccc(C(F)(F)F)cc2)cc1. The van der Waals surface area contributed by atoms with Gasteiger partial charge in [-0.1, -0.05) is 24.3 Å². The molecule has 122 valence electrons. The second-order valence-electron chi connectivity index (χ2n) is 4.78. The molecule has 0 radical (unpaired) electrons. The molecule has 0 saturated carbocycles. The second kappa shape index (κ2) is 6.44. The van der Waals surface area contributed by atoms with E-state index in [2.05, 4.69) is 4.99 Å². The summed E-state index contributed by atoms with van der Waals surface area (Å²) < 4.78 is 74.4. The predicted octanol–water partition coefficient (Wildman–Crippen LogP) is 5.34. The quantitative estimate of drug-likeness (QED) is 0.531. The molecule has 0 N–H and O–H groups in total. The topological polar surface area (TPSA) is 12.4 Å². The lowest BCUT2D eigenvalue weighted by molar-refractivity contribution is -0.138. The van der Waals surface area contributed by atoms with Gasteiger partial charge in [-0.15, -0.1) is 0 Å². The van der Waals surface area contributed by atoms with Crippen molar-refractivity contribution in [2.45, 2.75) is 18.9 Å². The molecule has 0 saturated heterocycles. The number of rotatable bonds is 3. The fraction of sp³-hybridized carbons (Fsp3) is 0.188. The van der Waals surface area contributed by atoms with Crippen molar-refractivity contribution in [1.82, 2.24) is 0 Å². The van der Waals surface area contributed by atoms with Gasteiger partial charge in [-0.3, -0.25) is 4.99 Å². The maximum atomic E-state index is 12.4. The molecule has 0 amide bonds. The lowest BCUT2D eigenvalue weighted by Crippen LogP contribution is -2.04. The van der Waals surface area contributed by atoms with Crippen molar-refractivity contribution < 1.29 is 26.3 Å². The van der Waals surface area contributed by atoms with Crippen LogP contribution in [0.4, 0.5) is 26.3 Å². The third-order valence-electron chi connectivity index (χ3n) is 3.03. The lowest BCUT2D eigenvalue weighted by Gasteiger charge is -2.06. The largest absolute Gasteiger partial charge is 0.416 e. The minimum Gasteiger partial charge on any atom is -0.288 e.